The molecule has 0 fully saturated rings. The van der Waals surface area contributed by atoms with E-state index in [1.807, 2.05) is 0 Å². The van der Waals surface area contributed by atoms with Crippen molar-refractivity contribution >= 4 is 23.2 Å². The van der Waals surface area contributed by atoms with Crippen LogP contribution < -0.4 is 9.47 Å². The summed E-state index contributed by atoms with van der Waals surface area (Å²) in [6.45, 7) is 1.64. The molecule has 0 aromatic heterocycles. The second-order valence-corrected chi connectivity index (χ2v) is 5.07. The van der Waals surface area contributed by atoms with Gasteiger partial charge in [0, 0.05) is 11.1 Å². The van der Waals surface area contributed by atoms with Gasteiger partial charge in [0.25, 0.3) is 0 Å². The van der Waals surface area contributed by atoms with Gasteiger partial charge in [0.2, 0.25) is 0 Å². The van der Waals surface area contributed by atoms with E-state index in [0.29, 0.717) is 32.9 Å². The first-order valence-electron chi connectivity index (χ1n) is 6.00. The third-order valence-electron chi connectivity index (χ3n) is 2.78. The van der Waals surface area contributed by atoms with E-state index in [-0.39, 0.29) is 0 Å². The summed E-state index contributed by atoms with van der Waals surface area (Å²) in [5.41, 5.74) is 0.561. The molecule has 0 heterocycles. The number of hydrogen-bond acceptors (Lipinski definition) is 3. The highest BCUT2D eigenvalue weighted by molar-refractivity contribution is 6.34. The van der Waals surface area contributed by atoms with Crippen molar-refractivity contribution in [3.05, 3.63) is 52.0 Å². The zero-order valence-electron chi connectivity index (χ0n) is 11.1. The number of aliphatic hydroxyl groups excluding tert-OH is 1. The van der Waals surface area contributed by atoms with Crippen LogP contribution >= 0.6 is 23.2 Å². The summed E-state index contributed by atoms with van der Waals surface area (Å²) >= 11 is 12.0. The fourth-order valence-electron chi connectivity index (χ4n) is 1.88. The predicted octanol–water partition coefficient (Wildman–Crippen LogP) is 4.85. The Morgan fingerprint density at radius 3 is 2.40 bits per heavy atom. The van der Waals surface area contributed by atoms with Gasteiger partial charge in [-0.2, -0.15) is 0 Å². The number of hydrogen-bond donors (Lipinski definition) is 1. The maximum atomic E-state index is 9.90. The van der Waals surface area contributed by atoms with Crippen LogP contribution in [-0.2, 0) is 0 Å². The predicted molar refractivity (Wildman–Crippen MR) is 80.2 cm³/mol. The van der Waals surface area contributed by atoms with Gasteiger partial charge in [0.15, 0.2) is 0 Å². The van der Waals surface area contributed by atoms with Crippen molar-refractivity contribution in [2.45, 2.75) is 13.0 Å². The first kappa shape index (κ1) is 15.0. The molecule has 0 saturated carbocycles. The van der Waals surface area contributed by atoms with Gasteiger partial charge in [-0.25, -0.2) is 0 Å². The molecule has 0 radical (unpaired) electrons. The third kappa shape index (κ3) is 3.18. The van der Waals surface area contributed by atoms with E-state index in [2.05, 4.69) is 0 Å². The summed E-state index contributed by atoms with van der Waals surface area (Å²) in [5, 5.41) is 10.9. The van der Waals surface area contributed by atoms with Gasteiger partial charge in [-0.15, -0.1) is 0 Å². The van der Waals surface area contributed by atoms with Crippen LogP contribution in [0.1, 0.15) is 18.6 Å². The molecule has 0 bridgehead atoms. The lowest BCUT2D eigenvalue weighted by molar-refractivity contribution is 0.190. The van der Waals surface area contributed by atoms with Gasteiger partial charge in [0.05, 0.1) is 23.8 Å². The molecule has 1 N–H and O–H groups in total. The molecule has 0 aliphatic rings. The molecule has 3 nitrogen and oxygen atoms in total. The molecular weight excluding hydrogens is 299 g/mol. The summed E-state index contributed by atoms with van der Waals surface area (Å²) in [6, 6.07) is 10.2. The molecule has 0 spiro atoms. The summed E-state index contributed by atoms with van der Waals surface area (Å²) in [6.07, 6.45) is -0.737. The fourth-order valence-corrected chi connectivity index (χ4v) is 2.19. The Labute approximate surface area is 127 Å². The normalized spacial score (nSPS) is 12.1. The van der Waals surface area contributed by atoms with Gasteiger partial charge < -0.3 is 14.6 Å². The number of methoxy groups -OCH3 is 1. The summed E-state index contributed by atoms with van der Waals surface area (Å²) in [7, 11) is 1.54. The topological polar surface area (TPSA) is 38.7 Å². The van der Waals surface area contributed by atoms with Crippen LogP contribution in [0, 0.1) is 0 Å². The summed E-state index contributed by atoms with van der Waals surface area (Å²) < 4.78 is 11.0. The van der Waals surface area contributed by atoms with Crippen LogP contribution in [0.15, 0.2) is 36.4 Å². The zero-order chi connectivity index (χ0) is 14.7. The van der Waals surface area contributed by atoms with Crippen LogP contribution in [0.3, 0.4) is 0 Å². The highest BCUT2D eigenvalue weighted by Crippen LogP contribution is 2.39. The van der Waals surface area contributed by atoms with E-state index in [1.54, 1.807) is 43.3 Å². The van der Waals surface area contributed by atoms with Crippen molar-refractivity contribution in [3.63, 3.8) is 0 Å². The molecule has 0 amide bonds. The van der Waals surface area contributed by atoms with Gasteiger partial charge in [0.1, 0.15) is 17.2 Å². The average Bonchev–Trinajstić information content (AvgIpc) is 2.42. The minimum absolute atomic E-state index is 0.425. The third-order valence-corrected chi connectivity index (χ3v) is 3.32. The molecule has 2 aromatic rings. The lowest BCUT2D eigenvalue weighted by Crippen LogP contribution is -2.00. The van der Waals surface area contributed by atoms with Crippen molar-refractivity contribution in [2.75, 3.05) is 7.11 Å². The Balaban J connectivity index is 2.45. The Morgan fingerprint density at radius 1 is 1.05 bits per heavy atom. The maximum Gasteiger partial charge on any atom is 0.147 e. The molecule has 5 heteroatoms. The lowest BCUT2D eigenvalue weighted by Gasteiger charge is -2.17. The molecule has 0 aliphatic carbocycles. The lowest BCUT2D eigenvalue weighted by atomic mass is 10.1. The van der Waals surface area contributed by atoms with E-state index in [1.165, 1.54) is 7.11 Å². The van der Waals surface area contributed by atoms with Gasteiger partial charge >= 0.3 is 0 Å². The van der Waals surface area contributed by atoms with Crippen molar-refractivity contribution in [3.8, 4) is 17.2 Å². The quantitative estimate of drug-likeness (QED) is 0.877. The van der Waals surface area contributed by atoms with Crippen molar-refractivity contribution in [1.82, 2.24) is 0 Å². The van der Waals surface area contributed by atoms with Crippen LogP contribution in [0.25, 0.3) is 0 Å². The Morgan fingerprint density at radius 2 is 1.75 bits per heavy atom. The first-order chi connectivity index (χ1) is 9.52. The van der Waals surface area contributed by atoms with Gasteiger partial charge in [-0.1, -0.05) is 29.3 Å². The highest BCUT2D eigenvalue weighted by Gasteiger charge is 2.16. The average molecular weight is 313 g/mol. The number of ether oxygens (including phenoxy) is 2. The number of halogens is 2. The minimum Gasteiger partial charge on any atom is -0.496 e. The molecule has 0 saturated heterocycles. The summed E-state index contributed by atoms with van der Waals surface area (Å²) in [5.74, 6) is 1.45. The molecule has 2 aromatic carbocycles. The molecule has 2 rings (SSSR count). The van der Waals surface area contributed by atoms with E-state index in [9.17, 15) is 5.11 Å². The Kier molecular flexibility index (Phi) is 4.76. The van der Waals surface area contributed by atoms with Gasteiger partial charge in [-0.05, 0) is 31.2 Å². The second kappa shape index (κ2) is 6.35. The Bertz CT molecular complexity index is 612. The summed E-state index contributed by atoms with van der Waals surface area (Å²) in [4.78, 5) is 0. The van der Waals surface area contributed by atoms with Crippen molar-refractivity contribution in [1.29, 1.82) is 0 Å². The van der Waals surface area contributed by atoms with Crippen LogP contribution in [0.4, 0.5) is 0 Å². The van der Waals surface area contributed by atoms with Crippen LogP contribution in [-0.4, -0.2) is 12.2 Å². The maximum absolute atomic E-state index is 9.90. The number of rotatable bonds is 4. The molecule has 1 atom stereocenters. The second-order valence-electron chi connectivity index (χ2n) is 4.22. The number of aliphatic hydroxyl groups is 1. The van der Waals surface area contributed by atoms with Crippen molar-refractivity contribution in [2.24, 2.45) is 0 Å². The van der Waals surface area contributed by atoms with E-state index in [4.69, 9.17) is 32.7 Å². The first-order valence-corrected chi connectivity index (χ1v) is 6.76. The van der Waals surface area contributed by atoms with Gasteiger partial charge in [-0.3, -0.25) is 0 Å². The number of benzene rings is 2. The molecular formula is C15H14Cl2O3. The molecule has 0 aliphatic heterocycles. The smallest absolute Gasteiger partial charge is 0.147 e. The van der Waals surface area contributed by atoms with Crippen LogP contribution in [0.5, 0.6) is 17.2 Å². The minimum atomic E-state index is -0.737. The molecule has 106 valence electrons. The van der Waals surface area contributed by atoms with E-state index >= 15 is 0 Å². The highest BCUT2D eigenvalue weighted by atomic mass is 35.5. The monoisotopic (exact) mass is 312 g/mol. The van der Waals surface area contributed by atoms with Crippen LogP contribution in [0.2, 0.25) is 10.0 Å². The largest absolute Gasteiger partial charge is 0.496 e. The standard InChI is InChI=1S/C15H14Cl2O3/c1-9(18)15-12(19-2)4-3-5-13(15)20-14-8-10(16)6-7-11(14)17/h3-9,18H,1-2H3/t9-/m0/s1. The van der Waals surface area contributed by atoms with Crippen molar-refractivity contribution < 1.29 is 14.6 Å². The Hall–Kier alpha value is -1.42. The SMILES string of the molecule is COc1cccc(Oc2cc(Cl)ccc2Cl)c1[C@H](C)O. The molecule has 0 unspecified atom stereocenters. The zero-order valence-corrected chi connectivity index (χ0v) is 12.6. The fraction of sp³-hybridized carbons (Fsp3) is 0.200. The van der Waals surface area contributed by atoms with E-state index in [0.717, 1.165) is 0 Å². The van der Waals surface area contributed by atoms with E-state index < -0.39 is 6.10 Å². The molecule has 20 heavy (non-hydrogen) atoms.